The third kappa shape index (κ3) is 3.42. The molecule has 0 radical (unpaired) electrons. The van der Waals surface area contributed by atoms with Crippen LogP contribution in [0.2, 0.25) is 0 Å². The molecule has 0 aliphatic rings. The molecule has 0 spiro atoms. The molecule has 0 aliphatic heterocycles. The lowest BCUT2D eigenvalue weighted by Crippen LogP contribution is -2.13. The highest BCUT2D eigenvalue weighted by Crippen LogP contribution is 2.17. The summed E-state index contributed by atoms with van der Waals surface area (Å²) in [6, 6.07) is 13.4. The molecule has 22 heavy (non-hydrogen) atoms. The van der Waals surface area contributed by atoms with Crippen LogP contribution < -0.4 is 4.72 Å². The molecule has 0 bridgehead atoms. The summed E-state index contributed by atoms with van der Waals surface area (Å²) in [5.41, 5.74) is 0.871. The van der Waals surface area contributed by atoms with E-state index in [0.29, 0.717) is 11.3 Å². The van der Waals surface area contributed by atoms with Crippen LogP contribution in [0, 0.1) is 11.3 Å². The highest BCUT2D eigenvalue weighted by atomic mass is 32.2. The molecule has 2 rings (SSSR count). The summed E-state index contributed by atoms with van der Waals surface area (Å²) >= 11 is 0. The Hall–Kier alpha value is -2.85. The highest BCUT2D eigenvalue weighted by Gasteiger charge is 2.15. The van der Waals surface area contributed by atoms with Crippen molar-refractivity contribution in [2.24, 2.45) is 0 Å². The van der Waals surface area contributed by atoms with Crippen molar-refractivity contribution in [1.82, 2.24) is 0 Å². The molecule has 0 aliphatic carbocycles. The number of anilines is 1. The van der Waals surface area contributed by atoms with E-state index in [1.807, 2.05) is 6.07 Å². The first-order valence-corrected chi connectivity index (χ1v) is 7.66. The van der Waals surface area contributed by atoms with Gasteiger partial charge in [-0.3, -0.25) is 4.72 Å². The fourth-order valence-electron chi connectivity index (χ4n) is 1.74. The van der Waals surface area contributed by atoms with Crippen LogP contribution in [0.5, 0.6) is 0 Å². The van der Waals surface area contributed by atoms with Crippen LogP contribution in [0.1, 0.15) is 15.9 Å². The van der Waals surface area contributed by atoms with Crippen molar-refractivity contribution >= 4 is 21.7 Å². The van der Waals surface area contributed by atoms with E-state index in [4.69, 9.17) is 5.26 Å². The molecule has 2 aromatic rings. The van der Waals surface area contributed by atoms with Crippen molar-refractivity contribution in [2.75, 3.05) is 11.8 Å². The zero-order valence-electron chi connectivity index (χ0n) is 11.6. The molecule has 0 heterocycles. The summed E-state index contributed by atoms with van der Waals surface area (Å²) in [7, 11) is -2.54. The SMILES string of the molecule is COC(=O)c1ccc(NS(=O)(=O)c2cccc(C#N)c2)cc1. The summed E-state index contributed by atoms with van der Waals surface area (Å²) in [6.07, 6.45) is 0. The van der Waals surface area contributed by atoms with Crippen LogP contribution in [-0.2, 0) is 14.8 Å². The fraction of sp³-hybridized carbons (Fsp3) is 0.0667. The predicted molar refractivity (Wildman–Crippen MR) is 79.7 cm³/mol. The molecular formula is C15H12N2O4S. The minimum absolute atomic E-state index is 0.0106. The van der Waals surface area contributed by atoms with Crippen LogP contribution in [0.15, 0.2) is 53.4 Å². The summed E-state index contributed by atoms with van der Waals surface area (Å²) < 4.78 is 31.4. The van der Waals surface area contributed by atoms with Crippen LogP contribution in [0.25, 0.3) is 0 Å². The molecule has 0 fully saturated rings. The van der Waals surface area contributed by atoms with Gasteiger partial charge >= 0.3 is 5.97 Å². The number of ether oxygens (including phenoxy) is 1. The second-order valence-electron chi connectivity index (χ2n) is 4.31. The zero-order valence-corrected chi connectivity index (χ0v) is 12.4. The van der Waals surface area contributed by atoms with Gasteiger partial charge in [0, 0.05) is 5.69 Å². The number of nitriles is 1. The Labute approximate surface area is 128 Å². The normalized spacial score (nSPS) is 10.5. The Morgan fingerprint density at radius 1 is 1.18 bits per heavy atom. The van der Waals surface area contributed by atoms with E-state index in [2.05, 4.69) is 9.46 Å². The molecular weight excluding hydrogens is 304 g/mol. The molecule has 0 unspecified atom stereocenters. The van der Waals surface area contributed by atoms with Gasteiger partial charge in [-0.05, 0) is 42.5 Å². The second kappa shape index (κ2) is 6.28. The van der Waals surface area contributed by atoms with E-state index < -0.39 is 16.0 Å². The molecule has 2 aromatic carbocycles. The number of hydrogen-bond acceptors (Lipinski definition) is 5. The Morgan fingerprint density at radius 3 is 2.45 bits per heavy atom. The smallest absolute Gasteiger partial charge is 0.337 e. The number of sulfonamides is 1. The number of carbonyl (C=O) groups excluding carboxylic acids is 1. The second-order valence-corrected chi connectivity index (χ2v) is 6.00. The maximum atomic E-state index is 12.2. The third-order valence-electron chi connectivity index (χ3n) is 2.83. The first-order valence-electron chi connectivity index (χ1n) is 6.17. The Morgan fingerprint density at radius 2 is 1.86 bits per heavy atom. The number of rotatable bonds is 4. The number of nitrogens with one attached hydrogen (secondary N) is 1. The number of hydrogen-bond donors (Lipinski definition) is 1. The minimum Gasteiger partial charge on any atom is -0.465 e. The first-order chi connectivity index (χ1) is 10.5. The largest absolute Gasteiger partial charge is 0.465 e. The molecule has 0 saturated carbocycles. The van der Waals surface area contributed by atoms with Gasteiger partial charge in [-0.2, -0.15) is 5.26 Å². The number of methoxy groups -OCH3 is 1. The van der Waals surface area contributed by atoms with Gasteiger partial charge in [-0.15, -0.1) is 0 Å². The van der Waals surface area contributed by atoms with E-state index in [0.717, 1.165) is 0 Å². The van der Waals surface area contributed by atoms with Gasteiger partial charge in [-0.25, -0.2) is 13.2 Å². The highest BCUT2D eigenvalue weighted by molar-refractivity contribution is 7.92. The molecule has 7 heteroatoms. The van der Waals surface area contributed by atoms with E-state index in [-0.39, 0.29) is 10.5 Å². The maximum Gasteiger partial charge on any atom is 0.337 e. The van der Waals surface area contributed by atoms with Crippen molar-refractivity contribution in [3.63, 3.8) is 0 Å². The Bertz CT molecular complexity index is 837. The fourth-order valence-corrected chi connectivity index (χ4v) is 2.84. The third-order valence-corrected chi connectivity index (χ3v) is 4.21. The van der Waals surface area contributed by atoms with Crippen molar-refractivity contribution in [3.05, 3.63) is 59.7 Å². The minimum atomic E-state index is -3.80. The van der Waals surface area contributed by atoms with Crippen LogP contribution in [0.3, 0.4) is 0 Å². The standard InChI is InChI=1S/C15H12N2O4S/c1-21-15(18)12-5-7-13(8-6-12)17-22(19,20)14-4-2-3-11(9-14)10-16/h2-9,17H,1H3. The molecule has 112 valence electrons. The number of carbonyl (C=O) groups is 1. The lowest BCUT2D eigenvalue weighted by atomic mass is 10.2. The molecule has 0 saturated heterocycles. The first kappa shape index (κ1) is 15.5. The zero-order chi connectivity index (χ0) is 16.2. The summed E-state index contributed by atoms with van der Waals surface area (Å²) in [5, 5.41) is 8.81. The van der Waals surface area contributed by atoms with E-state index >= 15 is 0 Å². The quantitative estimate of drug-likeness (QED) is 0.872. The molecule has 1 N–H and O–H groups in total. The van der Waals surface area contributed by atoms with E-state index in [1.165, 1.54) is 55.6 Å². The summed E-state index contributed by atoms with van der Waals surface area (Å²) in [4.78, 5) is 11.3. The van der Waals surface area contributed by atoms with Crippen LogP contribution in [0.4, 0.5) is 5.69 Å². The lowest BCUT2D eigenvalue weighted by molar-refractivity contribution is 0.0601. The maximum absolute atomic E-state index is 12.2. The van der Waals surface area contributed by atoms with Crippen molar-refractivity contribution in [2.45, 2.75) is 4.90 Å². The predicted octanol–water partition coefficient (Wildman–Crippen LogP) is 2.15. The van der Waals surface area contributed by atoms with Gasteiger partial charge < -0.3 is 4.74 Å². The average molecular weight is 316 g/mol. The van der Waals surface area contributed by atoms with Crippen molar-refractivity contribution in [3.8, 4) is 6.07 Å². The lowest BCUT2D eigenvalue weighted by Gasteiger charge is -2.08. The van der Waals surface area contributed by atoms with Gasteiger partial charge in [0.15, 0.2) is 0 Å². The summed E-state index contributed by atoms with van der Waals surface area (Å²) in [6.45, 7) is 0. The van der Waals surface area contributed by atoms with Crippen LogP contribution in [-0.4, -0.2) is 21.5 Å². The average Bonchev–Trinajstić information content (AvgIpc) is 2.54. The summed E-state index contributed by atoms with van der Waals surface area (Å²) in [5.74, 6) is -0.504. The number of esters is 1. The van der Waals surface area contributed by atoms with E-state index in [1.54, 1.807) is 0 Å². The Balaban J connectivity index is 2.25. The van der Waals surface area contributed by atoms with Gasteiger partial charge in [0.2, 0.25) is 0 Å². The van der Waals surface area contributed by atoms with Crippen molar-refractivity contribution in [1.29, 1.82) is 5.26 Å². The van der Waals surface area contributed by atoms with Crippen LogP contribution >= 0.6 is 0 Å². The van der Waals surface area contributed by atoms with E-state index in [9.17, 15) is 13.2 Å². The Kier molecular flexibility index (Phi) is 4.44. The number of nitrogens with zero attached hydrogens (tertiary/aromatic N) is 1. The topological polar surface area (TPSA) is 96.3 Å². The van der Waals surface area contributed by atoms with Gasteiger partial charge in [0.25, 0.3) is 10.0 Å². The molecule has 6 nitrogen and oxygen atoms in total. The van der Waals surface area contributed by atoms with Gasteiger partial charge in [0.05, 0.1) is 29.2 Å². The van der Waals surface area contributed by atoms with Crippen molar-refractivity contribution < 1.29 is 17.9 Å². The van der Waals surface area contributed by atoms with Gasteiger partial charge in [0.1, 0.15) is 0 Å². The molecule has 0 amide bonds. The number of benzene rings is 2. The monoisotopic (exact) mass is 316 g/mol. The molecule has 0 aromatic heterocycles. The molecule has 0 atom stereocenters. The van der Waals surface area contributed by atoms with Gasteiger partial charge in [-0.1, -0.05) is 6.07 Å².